The third kappa shape index (κ3) is 6.36. The van der Waals surface area contributed by atoms with Gasteiger partial charge in [-0.05, 0) is 46.1 Å². The van der Waals surface area contributed by atoms with Gasteiger partial charge in [-0.2, -0.15) is 0 Å². The highest BCUT2D eigenvalue weighted by Crippen LogP contribution is 2.15. The van der Waals surface area contributed by atoms with Gasteiger partial charge in [0.25, 0.3) is 0 Å². The van der Waals surface area contributed by atoms with Crippen LogP contribution in [0.5, 0.6) is 0 Å². The van der Waals surface area contributed by atoms with E-state index in [1.807, 2.05) is 6.92 Å². The molecule has 2 atom stereocenters. The van der Waals surface area contributed by atoms with Crippen LogP contribution in [0.15, 0.2) is 0 Å². The van der Waals surface area contributed by atoms with Gasteiger partial charge in [-0.25, -0.2) is 0 Å². The summed E-state index contributed by atoms with van der Waals surface area (Å²) in [6, 6.07) is 0.442. The zero-order valence-corrected chi connectivity index (χ0v) is 11.7. The second-order valence-corrected chi connectivity index (χ2v) is 4.91. The van der Waals surface area contributed by atoms with Gasteiger partial charge >= 0.3 is 5.97 Å². The maximum absolute atomic E-state index is 11.1. The van der Waals surface area contributed by atoms with Crippen LogP contribution in [0, 0.1) is 0 Å². The fourth-order valence-electron chi connectivity index (χ4n) is 2.26. The van der Waals surface area contributed by atoms with E-state index in [1.54, 1.807) is 0 Å². The fourth-order valence-corrected chi connectivity index (χ4v) is 2.26. The van der Waals surface area contributed by atoms with Crippen molar-refractivity contribution in [2.45, 2.75) is 64.5 Å². The third-order valence-corrected chi connectivity index (χ3v) is 3.35. The Labute approximate surface area is 110 Å². The van der Waals surface area contributed by atoms with Crippen molar-refractivity contribution < 1.29 is 14.3 Å². The lowest BCUT2D eigenvalue weighted by Crippen LogP contribution is -2.37. The van der Waals surface area contributed by atoms with E-state index in [0.717, 1.165) is 32.4 Å². The Kier molecular flexibility index (Phi) is 8.01. The average Bonchev–Trinajstić information content (AvgIpc) is 2.87. The predicted molar refractivity (Wildman–Crippen MR) is 71.5 cm³/mol. The summed E-state index contributed by atoms with van der Waals surface area (Å²) in [5, 5.41) is 3.50. The minimum Gasteiger partial charge on any atom is -0.466 e. The molecule has 1 saturated heterocycles. The van der Waals surface area contributed by atoms with Crippen LogP contribution in [-0.4, -0.2) is 37.9 Å². The average molecular weight is 257 g/mol. The molecule has 1 aliphatic heterocycles. The molecule has 4 heteroatoms. The number of unbranched alkanes of at least 4 members (excludes halogenated alkanes) is 2. The van der Waals surface area contributed by atoms with E-state index >= 15 is 0 Å². The Morgan fingerprint density at radius 2 is 2.28 bits per heavy atom. The Morgan fingerprint density at radius 3 is 2.94 bits per heavy atom. The van der Waals surface area contributed by atoms with Crippen LogP contribution >= 0.6 is 0 Å². The standard InChI is InChI=1S/C14H27NO3/c1-3-17-14(16)9-5-4-6-10-15-12(2)13-8-7-11-18-13/h12-13,15H,3-11H2,1-2H3. The number of ether oxygens (including phenoxy) is 2. The summed E-state index contributed by atoms with van der Waals surface area (Å²) in [7, 11) is 0. The highest BCUT2D eigenvalue weighted by atomic mass is 16.5. The second kappa shape index (κ2) is 9.34. The lowest BCUT2D eigenvalue weighted by molar-refractivity contribution is -0.143. The van der Waals surface area contributed by atoms with E-state index in [-0.39, 0.29) is 5.97 Å². The summed E-state index contributed by atoms with van der Waals surface area (Å²) in [6.45, 7) is 6.43. The van der Waals surface area contributed by atoms with Crippen LogP contribution in [-0.2, 0) is 14.3 Å². The number of esters is 1. The quantitative estimate of drug-likeness (QED) is 0.508. The summed E-state index contributed by atoms with van der Waals surface area (Å²) >= 11 is 0. The smallest absolute Gasteiger partial charge is 0.305 e. The number of hydrogen-bond donors (Lipinski definition) is 1. The highest BCUT2D eigenvalue weighted by molar-refractivity contribution is 5.69. The van der Waals surface area contributed by atoms with E-state index in [1.165, 1.54) is 12.8 Å². The Bertz CT molecular complexity index is 227. The van der Waals surface area contributed by atoms with Crippen LogP contribution in [0.3, 0.4) is 0 Å². The number of hydrogen-bond acceptors (Lipinski definition) is 4. The van der Waals surface area contributed by atoms with Crippen molar-refractivity contribution in [1.82, 2.24) is 5.32 Å². The molecule has 1 aliphatic rings. The molecule has 106 valence electrons. The molecule has 0 saturated carbocycles. The summed E-state index contributed by atoms with van der Waals surface area (Å²) < 4.78 is 10.5. The summed E-state index contributed by atoms with van der Waals surface area (Å²) in [5.74, 6) is -0.0711. The predicted octanol–water partition coefficient (Wildman–Crippen LogP) is 2.27. The number of carbonyl (C=O) groups excluding carboxylic acids is 1. The number of nitrogens with one attached hydrogen (secondary N) is 1. The Hall–Kier alpha value is -0.610. The Balaban J connectivity index is 1.90. The van der Waals surface area contributed by atoms with E-state index in [0.29, 0.717) is 25.2 Å². The summed E-state index contributed by atoms with van der Waals surface area (Å²) in [5.41, 5.74) is 0. The van der Waals surface area contributed by atoms with Gasteiger partial charge in [0.15, 0.2) is 0 Å². The molecule has 1 fully saturated rings. The number of carbonyl (C=O) groups is 1. The molecule has 18 heavy (non-hydrogen) atoms. The summed E-state index contributed by atoms with van der Waals surface area (Å²) in [4.78, 5) is 11.1. The Morgan fingerprint density at radius 1 is 1.44 bits per heavy atom. The number of rotatable bonds is 9. The molecular formula is C14H27NO3. The minimum atomic E-state index is -0.0711. The van der Waals surface area contributed by atoms with E-state index < -0.39 is 0 Å². The molecule has 0 aromatic carbocycles. The zero-order chi connectivity index (χ0) is 13.2. The normalized spacial score (nSPS) is 20.9. The van der Waals surface area contributed by atoms with E-state index in [4.69, 9.17) is 9.47 Å². The van der Waals surface area contributed by atoms with Gasteiger partial charge in [-0.1, -0.05) is 6.42 Å². The monoisotopic (exact) mass is 257 g/mol. The van der Waals surface area contributed by atoms with Crippen LogP contribution in [0.4, 0.5) is 0 Å². The molecule has 1 heterocycles. The molecule has 2 unspecified atom stereocenters. The summed E-state index contributed by atoms with van der Waals surface area (Å²) in [6.07, 6.45) is 6.42. The van der Waals surface area contributed by atoms with Gasteiger partial charge in [0.2, 0.25) is 0 Å². The van der Waals surface area contributed by atoms with Crippen LogP contribution in [0.1, 0.15) is 52.4 Å². The molecule has 0 aromatic rings. The minimum absolute atomic E-state index is 0.0711. The molecule has 0 bridgehead atoms. The van der Waals surface area contributed by atoms with Crippen molar-refractivity contribution in [3.8, 4) is 0 Å². The first-order chi connectivity index (χ1) is 8.74. The van der Waals surface area contributed by atoms with E-state index in [2.05, 4.69) is 12.2 Å². The fraction of sp³-hybridized carbons (Fsp3) is 0.929. The lowest BCUT2D eigenvalue weighted by atomic mass is 10.1. The van der Waals surface area contributed by atoms with Gasteiger partial charge in [0.05, 0.1) is 12.7 Å². The SMILES string of the molecule is CCOC(=O)CCCCCNC(C)C1CCCO1. The van der Waals surface area contributed by atoms with Crippen LogP contribution < -0.4 is 5.32 Å². The van der Waals surface area contributed by atoms with Crippen molar-refractivity contribution in [3.63, 3.8) is 0 Å². The molecule has 0 spiro atoms. The maximum atomic E-state index is 11.1. The molecule has 1 rings (SSSR count). The molecule has 0 radical (unpaired) electrons. The highest BCUT2D eigenvalue weighted by Gasteiger charge is 2.21. The molecule has 0 aromatic heterocycles. The van der Waals surface area contributed by atoms with Crippen molar-refractivity contribution in [2.75, 3.05) is 19.8 Å². The molecule has 1 N–H and O–H groups in total. The van der Waals surface area contributed by atoms with Crippen molar-refractivity contribution >= 4 is 5.97 Å². The first-order valence-electron chi connectivity index (χ1n) is 7.24. The van der Waals surface area contributed by atoms with Crippen molar-refractivity contribution in [3.05, 3.63) is 0 Å². The van der Waals surface area contributed by atoms with Gasteiger partial charge in [-0.3, -0.25) is 4.79 Å². The first kappa shape index (κ1) is 15.4. The van der Waals surface area contributed by atoms with Crippen molar-refractivity contribution in [1.29, 1.82) is 0 Å². The van der Waals surface area contributed by atoms with Gasteiger partial charge in [0.1, 0.15) is 0 Å². The van der Waals surface area contributed by atoms with E-state index in [9.17, 15) is 4.79 Å². The first-order valence-corrected chi connectivity index (χ1v) is 7.24. The van der Waals surface area contributed by atoms with Crippen LogP contribution in [0.2, 0.25) is 0 Å². The second-order valence-electron chi connectivity index (χ2n) is 4.91. The molecule has 0 amide bonds. The molecule has 0 aliphatic carbocycles. The maximum Gasteiger partial charge on any atom is 0.305 e. The third-order valence-electron chi connectivity index (χ3n) is 3.35. The van der Waals surface area contributed by atoms with Gasteiger partial charge < -0.3 is 14.8 Å². The topological polar surface area (TPSA) is 47.6 Å². The van der Waals surface area contributed by atoms with Gasteiger partial charge in [-0.15, -0.1) is 0 Å². The largest absolute Gasteiger partial charge is 0.466 e. The van der Waals surface area contributed by atoms with Crippen LogP contribution in [0.25, 0.3) is 0 Å². The molecule has 4 nitrogen and oxygen atoms in total. The lowest BCUT2D eigenvalue weighted by Gasteiger charge is -2.19. The zero-order valence-electron chi connectivity index (χ0n) is 11.7. The van der Waals surface area contributed by atoms with Crippen molar-refractivity contribution in [2.24, 2.45) is 0 Å². The molecular weight excluding hydrogens is 230 g/mol. The van der Waals surface area contributed by atoms with Gasteiger partial charge in [0, 0.05) is 19.1 Å².